The molecule has 0 saturated heterocycles. The van der Waals surface area contributed by atoms with E-state index in [-0.39, 0.29) is 17.3 Å². The highest BCUT2D eigenvalue weighted by Crippen LogP contribution is 2.31. The van der Waals surface area contributed by atoms with E-state index in [1.807, 2.05) is 6.92 Å². The number of hydrogen-bond acceptors (Lipinski definition) is 9. The van der Waals surface area contributed by atoms with Crippen molar-refractivity contribution in [2.24, 2.45) is 0 Å². The summed E-state index contributed by atoms with van der Waals surface area (Å²) >= 11 is 0. The molecule has 0 aliphatic heterocycles. The van der Waals surface area contributed by atoms with Gasteiger partial charge in [0, 0.05) is 6.07 Å². The van der Waals surface area contributed by atoms with Gasteiger partial charge < -0.3 is 18.4 Å². The number of ether oxygens (including phenoxy) is 3. The van der Waals surface area contributed by atoms with Gasteiger partial charge in [0.15, 0.2) is 17.2 Å². The predicted octanol–water partition coefficient (Wildman–Crippen LogP) is 2.50. The van der Waals surface area contributed by atoms with E-state index in [0.29, 0.717) is 11.4 Å². The van der Waals surface area contributed by atoms with Crippen LogP contribution in [0, 0.1) is 6.92 Å². The van der Waals surface area contributed by atoms with Gasteiger partial charge in [0.05, 0.1) is 32.6 Å². The summed E-state index contributed by atoms with van der Waals surface area (Å²) in [7, 11) is -1.72. The lowest BCUT2D eigenvalue weighted by atomic mass is 10.2. The minimum atomic E-state index is -4.47. The van der Waals surface area contributed by atoms with Crippen LogP contribution in [0.3, 0.4) is 0 Å². The zero-order chi connectivity index (χ0) is 24.2. The van der Waals surface area contributed by atoms with Crippen LogP contribution in [0.1, 0.15) is 23.0 Å². The van der Waals surface area contributed by atoms with Gasteiger partial charge >= 0.3 is 16.1 Å². The fraction of sp³-hybridized carbons (Fsp3) is 0.227. The Labute approximate surface area is 190 Å². The van der Waals surface area contributed by atoms with Gasteiger partial charge in [-0.3, -0.25) is 4.79 Å². The molecule has 1 aromatic heterocycles. The average Bonchev–Trinajstić information content (AvgIpc) is 2.79. The molecule has 174 valence electrons. The number of carbonyl (C=O) groups is 1. The Morgan fingerprint density at radius 1 is 0.970 bits per heavy atom. The van der Waals surface area contributed by atoms with Crippen LogP contribution in [0.2, 0.25) is 0 Å². The fourth-order valence-electron chi connectivity index (χ4n) is 2.85. The minimum Gasteiger partial charge on any atom is -0.493 e. The molecule has 3 rings (SSSR count). The molecule has 11 heteroatoms. The number of aryl methyl sites for hydroxylation is 1. The molecule has 3 aromatic rings. The number of esters is 1. The minimum absolute atomic E-state index is 0.00599. The average molecular weight is 474 g/mol. The lowest BCUT2D eigenvalue weighted by Crippen LogP contribution is -2.26. The molecular formula is C22H22N2O8S. The zero-order valence-corrected chi connectivity index (χ0v) is 19.2. The number of aromatic nitrogens is 2. The molecule has 0 bridgehead atoms. The van der Waals surface area contributed by atoms with E-state index in [9.17, 15) is 18.0 Å². The first kappa shape index (κ1) is 23.8. The molecule has 0 unspecified atom stereocenters. The molecule has 0 saturated carbocycles. The quantitative estimate of drug-likeness (QED) is 0.358. The summed E-state index contributed by atoms with van der Waals surface area (Å²) in [6, 6.07) is 11.5. The van der Waals surface area contributed by atoms with Crippen molar-refractivity contribution in [1.29, 1.82) is 0 Å². The Morgan fingerprint density at radius 2 is 1.64 bits per heavy atom. The highest BCUT2D eigenvalue weighted by Gasteiger charge is 2.26. The Hall–Kier alpha value is -3.86. The molecule has 1 heterocycles. The smallest absolute Gasteiger partial charge is 0.362 e. The van der Waals surface area contributed by atoms with E-state index < -0.39 is 33.1 Å². The predicted molar refractivity (Wildman–Crippen MR) is 118 cm³/mol. The second-order valence-electron chi connectivity index (χ2n) is 6.72. The third-order valence-electron chi connectivity index (χ3n) is 4.49. The van der Waals surface area contributed by atoms with Crippen molar-refractivity contribution in [2.75, 3.05) is 20.8 Å². The van der Waals surface area contributed by atoms with Crippen LogP contribution < -0.4 is 19.2 Å². The van der Waals surface area contributed by atoms with Gasteiger partial charge in [-0.2, -0.15) is 18.2 Å². The number of benzene rings is 2. The molecular weight excluding hydrogens is 452 g/mol. The molecule has 0 atom stereocenters. The van der Waals surface area contributed by atoms with Crippen LogP contribution in [-0.4, -0.2) is 45.0 Å². The molecule has 0 radical (unpaired) electrons. The second kappa shape index (κ2) is 9.74. The number of nitrogens with zero attached hydrogens (tertiary/aromatic N) is 2. The van der Waals surface area contributed by atoms with E-state index in [0.717, 1.165) is 16.3 Å². The molecule has 10 nitrogen and oxygen atoms in total. The maximum Gasteiger partial charge on any atom is 0.362 e. The van der Waals surface area contributed by atoms with Crippen molar-refractivity contribution in [3.05, 3.63) is 70.1 Å². The summed E-state index contributed by atoms with van der Waals surface area (Å²) in [5, 5.41) is 4.03. The van der Waals surface area contributed by atoms with E-state index in [1.165, 1.54) is 32.4 Å². The van der Waals surface area contributed by atoms with Gasteiger partial charge in [-0.15, -0.1) is 0 Å². The van der Waals surface area contributed by atoms with Crippen molar-refractivity contribution in [3.8, 4) is 22.9 Å². The van der Waals surface area contributed by atoms with Gasteiger partial charge in [0.1, 0.15) is 4.90 Å². The third kappa shape index (κ3) is 5.14. The van der Waals surface area contributed by atoms with E-state index in [2.05, 4.69) is 5.10 Å². The number of hydrogen-bond donors (Lipinski definition) is 0. The summed E-state index contributed by atoms with van der Waals surface area (Å²) in [6.07, 6.45) is 0. The lowest BCUT2D eigenvalue weighted by Gasteiger charge is -2.13. The van der Waals surface area contributed by atoms with Crippen molar-refractivity contribution in [3.63, 3.8) is 0 Å². The standard InChI is InChI=1S/C22H22N2O8S/c1-5-31-22(26)21-19(13-20(25)24(23-21)15-8-6-14(2)7-9-15)32-33(27,28)16-10-11-17(29-3)18(12-16)30-4/h6-13H,5H2,1-4H3. The lowest BCUT2D eigenvalue weighted by molar-refractivity contribution is 0.0515. The summed E-state index contributed by atoms with van der Waals surface area (Å²) in [6.45, 7) is 3.46. The van der Waals surface area contributed by atoms with Crippen molar-refractivity contribution < 1.29 is 31.6 Å². The Bertz CT molecular complexity index is 1330. The van der Waals surface area contributed by atoms with Crippen LogP contribution in [-0.2, 0) is 14.9 Å². The first-order valence-electron chi connectivity index (χ1n) is 9.75. The van der Waals surface area contributed by atoms with Crippen molar-refractivity contribution in [1.82, 2.24) is 9.78 Å². The largest absolute Gasteiger partial charge is 0.493 e. The fourth-order valence-corrected chi connectivity index (χ4v) is 3.80. The summed E-state index contributed by atoms with van der Waals surface area (Å²) < 4.78 is 47.1. The highest BCUT2D eigenvalue weighted by molar-refractivity contribution is 7.87. The monoisotopic (exact) mass is 474 g/mol. The molecule has 33 heavy (non-hydrogen) atoms. The highest BCUT2D eigenvalue weighted by atomic mass is 32.2. The summed E-state index contributed by atoms with van der Waals surface area (Å²) in [5.41, 5.74) is 0.161. The SMILES string of the molecule is CCOC(=O)c1nn(-c2ccc(C)cc2)c(=O)cc1OS(=O)(=O)c1ccc(OC)c(OC)c1. The van der Waals surface area contributed by atoms with Gasteiger partial charge in [0.25, 0.3) is 5.56 Å². The third-order valence-corrected chi connectivity index (χ3v) is 5.72. The van der Waals surface area contributed by atoms with Crippen LogP contribution >= 0.6 is 0 Å². The zero-order valence-electron chi connectivity index (χ0n) is 18.4. The van der Waals surface area contributed by atoms with Gasteiger partial charge in [-0.1, -0.05) is 17.7 Å². The van der Waals surface area contributed by atoms with Crippen molar-refractivity contribution >= 4 is 16.1 Å². The van der Waals surface area contributed by atoms with Crippen LogP contribution in [0.25, 0.3) is 5.69 Å². The van der Waals surface area contributed by atoms with E-state index >= 15 is 0 Å². The summed E-state index contributed by atoms with van der Waals surface area (Å²) in [4.78, 5) is 24.9. The molecule has 0 aliphatic rings. The van der Waals surface area contributed by atoms with E-state index in [4.69, 9.17) is 18.4 Å². The number of carbonyl (C=O) groups excluding carboxylic acids is 1. The van der Waals surface area contributed by atoms with Gasteiger partial charge in [-0.05, 0) is 38.1 Å². The maximum absolute atomic E-state index is 12.9. The molecule has 2 aromatic carbocycles. The normalized spacial score (nSPS) is 11.0. The molecule has 0 fully saturated rings. The van der Waals surface area contributed by atoms with Crippen LogP contribution in [0.5, 0.6) is 17.2 Å². The second-order valence-corrected chi connectivity index (χ2v) is 8.26. The van der Waals surface area contributed by atoms with Crippen molar-refractivity contribution in [2.45, 2.75) is 18.7 Å². The van der Waals surface area contributed by atoms with E-state index in [1.54, 1.807) is 31.2 Å². The number of rotatable bonds is 8. The Morgan fingerprint density at radius 3 is 2.24 bits per heavy atom. The molecule has 0 N–H and O–H groups in total. The van der Waals surface area contributed by atoms with Crippen LogP contribution in [0.4, 0.5) is 0 Å². The Balaban J connectivity index is 2.09. The first-order chi connectivity index (χ1) is 15.7. The topological polar surface area (TPSA) is 123 Å². The molecule has 0 spiro atoms. The molecule has 0 amide bonds. The first-order valence-corrected chi connectivity index (χ1v) is 11.2. The van der Waals surface area contributed by atoms with Crippen LogP contribution in [0.15, 0.2) is 58.2 Å². The molecule has 0 aliphatic carbocycles. The number of methoxy groups -OCH3 is 2. The Kier molecular flexibility index (Phi) is 7.02. The summed E-state index contributed by atoms with van der Waals surface area (Å²) in [5.74, 6) is -1.04. The van der Waals surface area contributed by atoms with Gasteiger partial charge in [-0.25, -0.2) is 4.79 Å². The maximum atomic E-state index is 12.9. The van der Waals surface area contributed by atoms with Gasteiger partial charge in [0.2, 0.25) is 5.69 Å².